The summed E-state index contributed by atoms with van der Waals surface area (Å²) in [6, 6.07) is 14.1. The molecule has 0 aromatic heterocycles. The minimum Gasteiger partial charge on any atom is -0.381 e. The van der Waals surface area contributed by atoms with Gasteiger partial charge in [0.05, 0.1) is 0 Å². The maximum atomic E-state index is 13.9. The molecule has 2 rings (SSSR count). The van der Waals surface area contributed by atoms with Crippen LogP contribution in [0.2, 0.25) is 0 Å². The lowest BCUT2D eigenvalue weighted by Gasteiger charge is -2.25. The van der Waals surface area contributed by atoms with Gasteiger partial charge in [-0.2, -0.15) is 0 Å². The van der Waals surface area contributed by atoms with Gasteiger partial charge < -0.3 is 5.11 Å². The van der Waals surface area contributed by atoms with E-state index in [1.54, 1.807) is 25.1 Å². The molecule has 0 fully saturated rings. The highest BCUT2D eigenvalue weighted by Gasteiger charge is 2.28. The average Bonchev–Trinajstić information content (AvgIpc) is 2.38. The van der Waals surface area contributed by atoms with E-state index in [2.05, 4.69) is 13.8 Å². The van der Waals surface area contributed by atoms with E-state index in [-0.39, 0.29) is 5.82 Å². The summed E-state index contributed by atoms with van der Waals surface area (Å²) in [6.45, 7) is 5.95. The molecule has 0 spiro atoms. The third kappa shape index (κ3) is 3.07. The summed E-state index contributed by atoms with van der Waals surface area (Å²) in [5, 5.41) is 10.8. The fraction of sp³-hybridized carbons (Fsp3) is 0.333. The van der Waals surface area contributed by atoms with Crippen molar-refractivity contribution in [1.29, 1.82) is 0 Å². The molecule has 0 amide bonds. The molecule has 0 aliphatic carbocycles. The first-order valence-electron chi connectivity index (χ1n) is 6.98. The van der Waals surface area contributed by atoms with Gasteiger partial charge in [-0.05, 0) is 36.5 Å². The largest absolute Gasteiger partial charge is 0.381 e. The second kappa shape index (κ2) is 5.76. The van der Waals surface area contributed by atoms with Crippen LogP contribution in [0.25, 0.3) is 0 Å². The number of benzene rings is 2. The molecule has 0 radical (unpaired) electrons. The van der Waals surface area contributed by atoms with E-state index in [1.807, 2.05) is 24.3 Å². The van der Waals surface area contributed by atoms with Gasteiger partial charge >= 0.3 is 0 Å². The lowest BCUT2D eigenvalue weighted by Crippen LogP contribution is -2.24. The highest BCUT2D eigenvalue weighted by molar-refractivity contribution is 5.38. The fourth-order valence-electron chi connectivity index (χ4n) is 2.48. The molecule has 0 aliphatic rings. The van der Waals surface area contributed by atoms with Crippen molar-refractivity contribution in [1.82, 2.24) is 0 Å². The molecule has 0 heterocycles. The maximum absolute atomic E-state index is 13.9. The van der Waals surface area contributed by atoms with Crippen LogP contribution in [0.3, 0.4) is 0 Å². The van der Waals surface area contributed by atoms with Gasteiger partial charge in [-0.25, -0.2) is 4.39 Å². The van der Waals surface area contributed by atoms with Gasteiger partial charge in [0.15, 0.2) is 0 Å². The first-order chi connectivity index (χ1) is 9.41. The van der Waals surface area contributed by atoms with E-state index in [4.69, 9.17) is 0 Å². The molecule has 0 saturated carbocycles. The third-order valence-electron chi connectivity index (χ3n) is 3.53. The Labute approximate surface area is 120 Å². The van der Waals surface area contributed by atoms with Crippen LogP contribution in [0, 0.1) is 11.7 Å². The standard InChI is InChI=1S/C18H21FO/c1-13(2)11-14-7-6-8-15(12-14)18(3,20)16-9-4-5-10-17(16)19/h4-10,12-13,20H,11H2,1-3H3. The topological polar surface area (TPSA) is 20.2 Å². The lowest BCUT2D eigenvalue weighted by molar-refractivity contribution is 0.0978. The van der Waals surface area contributed by atoms with Crippen LogP contribution in [-0.2, 0) is 12.0 Å². The number of hydrogen-bond acceptors (Lipinski definition) is 1. The molecule has 106 valence electrons. The van der Waals surface area contributed by atoms with Crippen LogP contribution in [0.15, 0.2) is 48.5 Å². The summed E-state index contributed by atoms with van der Waals surface area (Å²) in [4.78, 5) is 0. The molecule has 1 atom stereocenters. The highest BCUT2D eigenvalue weighted by Crippen LogP contribution is 2.31. The quantitative estimate of drug-likeness (QED) is 0.880. The summed E-state index contributed by atoms with van der Waals surface area (Å²) in [6.07, 6.45) is 0.946. The molecule has 0 bridgehead atoms. The molecular formula is C18H21FO. The Balaban J connectivity index is 2.41. The van der Waals surface area contributed by atoms with Gasteiger partial charge in [0.1, 0.15) is 11.4 Å². The summed E-state index contributed by atoms with van der Waals surface area (Å²) in [7, 11) is 0. The van der Waals surface area contributed by atoms with Crippen LogP contribution in [-0.4, -0.2) is 5.11 Å². The van der Waals surface area contributed by atoms with E-state index < -0.39 is 5.60 Å². The number of hydrogen-bond donors (Lipinski definition) is 1. The molecule has 2 aromatic carbocycles. The van der Waals surface area contributed by atoms with Gasteiger partial charge in [0.25, 0.3) is 0 Å². The molecule has 2 heteroatoms. The highest BCUT2D eigenvalue weighted by atomic mass is 19.1. The predicted octanol–water partition coefficient (Wildman–Crippen LogP) is 4.28. The van der Waals surface area contributed by atoms with E-state index in [9.17, 15) is 9.50 Å². The Morgan fingerprint density at radius 3 is 2.45 bits per heavy atom. The van der Waals surface area contributed by atoms with Gasteiger partial charge in [-0.15, -0.1) is 0 Å². The molecule has 1 N–H and O–H groups in total. The average molecular weight is 272 g/mol. The van der Waals surface area contributed by atoms with Gasteiger partial charge in [-0.1, -0.05) is 56.3 Å². The summed E-state index contributed by atoms with van der Waals surface area (Å²) in [5.74, 6) is 0.162. The van der Waals surface area contributed by atoms with Crippen molar-refractivity contribution >= 4 is 0 Å². The fourth-order valence-corrected chi connectivity index (χ4v) is 2.48. The Hall–Kier alpha value is -1.67. The van der Waals surface area contributed by atoms with Crippen molar-refractivity contribution < 1.29 is 9.50 Å². The maximum Gasteiger partial charge on any atom is 0.129 e. The molecule has 2 aromatic rings. The van der Waals surface area contributed by atoms with Crippen molar-refractivity contribution in [3.8, 4) is 0 Å². The van der Waals surface area contributed by atoms with E-state index in [0.29, 0.717) is 11.5 Å². The molecule has 0 aliphatic heterocycles. The Bertz CT molecular complexity index is 587. The van der Waals surface area contributed by atoms with Crippen LogP contribution in [0.4, 0.5) is 4.39 Å². The third-order valence-corrected chi connectivity index (χ3v) is 3.53. The summed E-state index contributed by atoms with van der Waals surface area (Å²) < 4.78 is 13.9. The van der Waals surface area contributed by atoms with Crippen molar-refractivity contribution in [3.63, 3.8) is 0 Å². The van der Waals surface area contributed by atoms with Crippen LogP contribution in [0.5, 0.6) is 0 Å². The van der Waals surface area contributed by atoms with Crippen LogP contribution < -0.4 is 0 Å². The molecule has 1 unspecified atom stereocenters. The van der Waals surface area contributed by atoms with Crippen molar-refractivity contribution in [2.75, 3.05) is 0 Å². The molecule has 0 saturated heterocycles. The van der Waals surface area contributed by atoms with Crippen LogP contribution in [0.1, 0.15) is 37.5 Å². The minimum absolute atomic E-state index is 0.307. The first kappa shape index (κ1) is 14.7. The smallest absolute Gasteiger partial charge is 0.129 e. The monoisotopic (exact) mass is 272 g/mol. The SMILES string of the molecule is CC(C)Cc1cccc(C(C)(O)c2ccccc2F)c1. The summed E-state index contributed by atoms with van der Waals surface area (Å²) >= 11 is 0. The van der Waals surface area contributed by atoms with Gasteiger partial charge in [0.2, 0.25) is 0 Å². The zero-order valence-corrected chi connectivity index (χ0v) is 12.2. The van der Waals surface area contributed by atoms with Crippen molar-refractivity contribution in [3.05, 3.63) is 71.0 Å². The number of halogens is 1. The Morgan fingerprint density at radius 1 is 1.10 bits per heavy atom. The number of aliphatic hydroxyl groups is 1. The second-order valence-electron chi connectivity index (χ2n) is 5.85. The lowest BCUT2D eigenvalue weighted by atomic mass is 9.86. The van der Waals surface area contributed by atoms with E-state index in [1.165, 1.54) is 6.07 Å². The van der Waals surface area contributed by atoms with Gasteiger partial charge in [0, 0.05) is 5.56 Å². The van der Waals surface area contributed by atoms with Crippen LogP contribution >= 0.6 is 0 Å². The minimum atomic E-state index is -1.32. The number of rotatable bonds is 4. The van der Waals surface area contributed by atoms with E-state index >= 15 is 0 Å². The van der Waals surface area contributed by atoms with E-state index in [0.717, 1.165) is 17.5 Å². The van der Waals surface area contributed by atoms with Crippen molar-refractivity contribution in [2.45, 2.75) is 32.8 Å². The zero-order chi connectivity index (χ0) is 14.8. The molecule has 1 nitrogen and oxygen atoms in total. The second-order valence-corrected chi connectivity index (χ2v) is 5.85. The summed E-state index contributed by atoms with van der Waals surface area (Å²) in [5.41, 5.74) is 0.870. The Kier molecular flexibility index (Phi) is 4.24. The normalized spacial score (nSPS) is 14.3. The van der Waals surface area contributed by atoms with Crippen molar-refractivity contribution in [2.24, 2.45) is 5.92 Å². The Morgan fingerprint density at radius 2 is 1.80 bits per heavy atom. The first-order valence-corrected chi connectivity index (χ1v) is 6.98. The molecular weight excluding hydrogens is 251 g/mol. The predicted molar refractivity (Wildman–Crippen MR) is 80.1 cm³/mol. The zero-order valence-electron chi connectivity index (χ0n) is 12.2. The van der Waals surface area contributed by atoms with Gasteiger partial charge in [-0.3, -0.25) is 0 Å². The molecule has 20 heavy (non-hydrogen) atoms.